The zero-order valence-electron chi connectivity index (χ0n) is 7.22. The van der Waals surface area contributed by atoms with Gasteiger partial charge in [0, 0.05) is 12.4 Å². The Morgan fingerprint density at radius 3 is 2.93 bits per heavy atom. The summed E-state index contributed by atoms with van der Waals surface area (Å²) in [5.74, 6) is -0.522. The van der Waals surface area contributed by atoms with E-state index in [1.807, 2.05) is 0 Å². The number of imidazole rings is 1. The van der Waals surface area contributed by atoms with Crippen LogP contribution in [0.25, 0.3) is 5.69 Å². The molecule has 0 spiro atoms. The molecule has 0 saturated heterocycles. The van der Waals surface area contributed by atoms with Crippen molar-refractivity contribution in [3.63, 3.8) is 0 Å². The van der Waals surface area contributed by atoms with Gasteiger partial charge in [-0.2, -0.15) is 0 Å². The minimum Gasteiger partial charge on any atom is -0.305 e. The summed E-state index contributed by atoms with van der Waals surface area (Å²) in [4.78, 5) is 14.5. The van der Waals surface area contributed by atoms with Crippen LogP contribution in [0.4, 0.5) is 4.39 Å². The van der Waals surface area contributed by atoms with Gasteiger partial charge in [-0.3, -0.25) is 4.79 Å². The number of carbonyl (C=O) groups is 1. The van der Waals surface area contributed by atoms with Gasteiger partial charge in [0.25, 0.3) is 0 Å². The molecule has 2 rings (SSSR count). The molecule has 70 valence electrons. The third kappa shape index (κ3) is 1.31. The highest BCUT2D eigenvalue weighted by Gasteiger charge is 2.07. The average molecular weight is 190 g/mol. The quantitative estimate of drug-likeness (QED) is 0.677. The normalized spacial score (nSPS) is 10.1. The molecule has 4 heteroatoms. The molecular weight excluding hydrogens is 183 g/mol. The van der Waals surface area contributed by atoms with E-state index < -0.39 is 5.82 Å². The van der Waals surface area contributed by atoms with Crippen molar-refractivity contribution in [2.45, 2.75) is 0 Å². The third-order valence-corrected chi connectivity index (χ3v) is 1.93. The van der Waals surface area contributed by atoms with Gasteiger partial charge in [-0.15, -0.1) is 0 Å². The smallest absolute Gasteiger partial charge is 0.155 e. The van der Waals surface area contributed by atoms with Crippen LogP contribution in [0.2, 0.25) is 0 Å². The Balaban J connectivity index is 2.64. The molecule has 0 unspecified atom stereocenters. The first-order valence-electron chi connectivity index (χ1n) is 4.05. The summed E-state index contributed by atoms with van der Waals surface area (Å²) in [5, 5.41) is 0. The van der Waals surface area contributed by atoms with Gasteiger partial charge in [-0.1, -0.05) is 6.07 Å². The number of rotatable bonds is 2. The molecule has 1 aromatic carbocycles. The van der Waals surface area contributed by atoms with Gasteiger partial charge < -0.3 is 4.57 Å². The first-order chi connectivity index (χ1) is 6.83. The summed E-state index contributed by atoms with van der Waals surface area (Å²) in [7, 11) is 0. The summed E-state index contributed by atoms with van der Waals surface area (Å²) in [6.45, 7) is 0. The van der Waals surface area contributed by atoms with E-state index in [9.17, 15) is 9.18 Å². The van der Waals surface area contributed by atoms with Crippen LogP contribution in [0.1, 0.15) is 10.4 Å². The van der Waals surface area contributed by atoms with Gasteiger partial charge in [0.15, 0.2) is 6.29 Å². The second kappa shape index (κ2) is 3.41. The van der Waals surface area contributed by atoms with Crippen LogP contribution in [-0.4, -0.2) is 15.8 Å². The maximum absolute atomic E-state index is 13.2. The van der Waals surface area contributed by atoms with Crippen LogP contribution < -0.4 is 0 Å². The Kier molecular flexibility index (Phi) is 2.10. The molecule has 0 bridgehead atoms. The predicted octanol–water partition coefficient (Wildman–Crippen LogP) is 1.82. The van der Waals surface area contributed by atoms with E-state index in [2.05, 4.69) is 4.98 Å². The molecule has 0 aliphatic carbocycles. The van der Waals surface area contributed by atoms with Crippen LogP contribution in [0, 0.1) is 5.82 Å². The van der Waals surface area contributed by atoms with E-state index in [1.165, 1.54) is 12.4 Å². The molecule has 0 aliphatic rings. The fourth-order valence-electron chi connectivity index (χ4n) is 1.27. The van der Waals surface area contributed by atoms with E-state index >= 15 is 0 Å². The lowest BCUT2D eigenvalue weighted by molar-refractivity contribution is 0.112. The first-order valence-corrected chi connectivity index (χ1v) is 4.05. The van der Waals surface area contributed by atoms with Gasteiger partial charge in [0.2, 0.25) is 0 Å². The number of hydrogen-bond acceptors (Lipinski definition) is 2. The topological polar surface area (TPSA) is 34.9 Å². The molecule has 2 aromatic rings. The molecule has 0 aliphatic heterocycles. The zero-order chi connectivity index (χ0) is 9.97. The number of benzene rings is 1. The largest absolute Gasteiger partial charge is 0.305 e. The van der Waals surface area contributed by atoms with Crippen molar-refractivity contribution in [3.8, 4) is 5.69 Å². The second-order valence-corrected chi connectivity index (χ2v) is 2.76. The lowest BCUT2D eigenvalue weighted by atomic mass is 10.2. The molecule has 0 radical (unpaired) electrons. The number of aromatic nitrogens is 2. The molecule has 0 saturated carbocycles. The van der Waals surface area contributed by atoms with Crippen molar-refractivity contribution in [1.29, 1.82) is 0 Å². The molecule has 0 fully saturated rings. The Morgan fingerprint density at radius 2 is 2.29 bits per heavy atom. The number of carbonyl (C=O) groups excluding carboxylic acids is 1. The standard InChI is InChI=1S/C10H7FN2O/c11-9-2-1-3-10(8(9)6-14)13-5-4-12-7-13/h1-7H. The summed E-state index contributed by atoms with van der Waals surface area (Å²) in [5.41, 5.74) is 0.544. The number of nitrogens with zero attached hydrogens (tertiary/aromatic N) is 2. The van der Waals surface area contributed by atoms with Crippen molar-refractivity contribution in [2.75, 3.05) is 0 Å². The lowest BCUT2D eigenvalue weighted by Crippen LogP contribution is -1.98. The number of hydrogen-bond donors (Lipinski definition) is 0. The minimum absolute atomic E-state index is 0.0468. The molecule has 1 aromatic heterocycles. The summed E-state index contributed by atoms with van der Waals surface area (Å²) < 4.78 is 14.8. The average Bonchev–Trinajstić information content (AvgIpc) is 2.70. The highest BCUT2D eigenvalue weighted by Crippen LogP contribution is 2.15. The summed E-state index contributed by atoms with van der Waals surface area (Å²) >= 11 is 0. The van der Waals surface area contributed by atoms with E-state index in [-0.39, 0.29) is 5.56 Å². The van der Waals surface area contributed by atoms with Crippen LogP contribution in [-0.2, 0) is 0 Å². The van der Waals surface area contributed by atoms with E-state index in [4.69, 9.17) is 0 Å². The maximum atomic E-state index is 13.2. The first kappa shape index (κ1) is 8.62. The van der Waals surface area contributed by atoms with Gasteiger partial charge in [0.1, 0.15) is 5.82 Å². The summed E-state index contributed by atoms with van der Waals surface area (Å²) in [6.07, 6.45) is 5.24. The van der Waals surface area contributed by atoms with Crippen molar-refractivity contribution in [3.05, 3.63) is 48.3 Å². The highest BCUT2D eigenvalue weighted by atomic mass is 19.1. The van der Waals surface area contributed by atoms with Gasteiger partial charge in [-0.05, 0) is 12.1 Å². The lowest BCUT2D eigenvalue weighted by Gasteiger charge is -2.05. The zero-order valence-corrected chi connectivity index (χ0v) is 7.22. The molecule has 0 N–H and O–H groups in total. The summed E-state index contributed by atoms with van der Waals surface area (Å²) in [6, 6.07) is 4.47. The molecular formula is C10H7FN2O. The number of aldehydes is 1. The highest BCUT2D eigenvalue weighted by molar-refractivity contribution is 5.81. The molecule has 1 heterocycles. The van der Waals surface area contributed by atoms with Crippen molar-refractivity contribution in [1.82, 2.24) is 9.55 Å². The molecule has 0 atom stereocenters. The van der Waals surface area contributed by atoms with E-state index in [1.54, 1.807) is 29.1 Å². The van der Waals surface area contributed by atoms with Crippen molar-refractivity contribution in [2.24, 2.45) is 0 Å². The second-order valence-electron chi connectivity index (χ2n) is 2.76. The monoisotopic (exact) mass is 190 g/mol. The van der Waals surface area contributed by atoms with Gasteiger partial charge in [0.05, 0.1) is 17.6 Å². The third-order valence-electron chi connectivity index (χ3n) is 1.93. The van der Waals surface area contributed by atoms with Crippen LogP contribution >= 0.6 is 0 Å². The molecule has 14 heavy (non-hydrogen) atoms. The Bertz CT molecular complexity index is 451. The predicted molar refractivity (Wildman–Crippen MR) is 48.9 cm³/mol. The van der Waals surface area contributed by atoms with Gasteiger partial charge >= 0.3 is 0 Å². The van der Waals surface area contributed by atoms with E-state index in [0.29, 0.717) is 12.0 Å². The van der Waals surface area contributed by atoms with E-state index in [0.717, 1.165) is 0 Å². The van der Waals surface area contributed by atoms with Crippen molar-refractivity contribution >= 4 is 6.29 Å². The fraction of sp³-hybridized carbons (Fsp3) is 0. The van der Waals surface area contributed by atoms with Crippen molar-refractivity contribution < 1.29 is 9.18 Å². The Hall–Kier alpha value is -1.97. The van der Waals surface area contributed by atoms with Gasteiger partial charge in [-0.25, -0.2) is 9.37 Å². The SMILES string of the molecule is O=Cc1c(F)cccc1-n1ccnc1. The maximum Gasteiger partial charge on any atom is 0.155 e. The van der Waals surface area contributed by atoms with Crippen LogP contribution in [0.15, 0.2) is 36.9 Å². The Labute approximate surface area is 79.8 Å². The Morgan fingerprint density at radius 1 is 1.43 bits per heavy atom. The van der Waals surface area contributed by atoms with Crippen LogP contribution in [0.3, 0.4) is 0 Å². The molecule has 3 nitrogen and oxygen atoms in total. The number of halogens is 1. The van der Waals surface area contributed by atoms with Crippen LogP contribution in [0.5, 0.6) is 0 Å². The molecule has 0 amide bonds. The fourth-order valence-corrected chi connectivity index (χ4v) is 1.27. The minimum atomic E-state index is -0.522.